The third-order valence-electron chi connectivity index (χ3n) is 9.85. The molecule has 1 aromatic heterocycles. The number of aromatic nitrogens is 3. The zero-order valence-electron chi connectivity index (χ0n) is 28.9. The molecule has 8 aromatic carbocycles. The molecule has 0 saturated heterocycles. The van der Waals surface area contributed by atoms with Gasteiger partial charge in [-0.15, -0.1) is 5.54 Å². The van der Waals surface area contributed by atoms with Gasteiger partial charge in [0, 0.05) is 22.3 Å². The van der Waals surface area contributed by atoms with Crippen LogP contribution in [0, 0.1) is 11.5 Å². The molecule has 0 bridgehead atoms. The molecular weight excluding hydrogens is 659 g/mol. The SMILES string of the molecule is C(#C[Si](c1ccccc1)(c1ccccc1)c1ccccc1)c1c2ccccc2c(-c2nc(-c3ccccc3)nc(-c3ccccc3)n2)c2ccccc12. The molecular formula is C49H33N3Si. The maximum Gasteiger partial charge on any atom is 0.230 e. The van der Waals surface area contributed by atoms with Crippen LogP contribution >= 0.6 is 0 Å². The van der Waals surface area contributed by atoms with Crippen molar-refractivity contribution >= 4 is 45.2 Å². The fourth-order valence-electron chi connectivity index (χ4n) is 7.36. The van der Waals surface area contributed by atoms with Crippen LogP contribution in [0.2, 0.25) is 0 Å². The van der Waals surface area contributed by atoms with Crippen LogP contribution < -0.4 is 15.6 Å². The third kappa shape index (κ3) is 5.90. The van der Waals surface area contributed by atoms with E-state index in [0.717, 1.165) is 43.8 Å². The van der Waals surface area contributed by atoms with E-state index in [1.165, 1.54) is 15.6 Å². The Kier molecular flexibility index (Phi) is 8.45. The van der Waals surface area contributed by atoms with Gasteiger partial charge in [0.1, 0.15) is 0 Å². The van der Waals surface area contributed by atoms with E-state index in [1.807, 2.05) is 60.7 Å². The highest BCUT2D eigenvalue weighted by molar-refractivity contribution is 7.16. The van der Waals surface area contributed by atoms with Crippen LogP contribution in [0.15, 0.2) is 200 Å². The average Bonchev–Trinajstić information content (AvgIpc) is 3.25. The molecule has 1 heterocycles. The van der Waals surface area contributed by atoms with Crippen LogP contribution in [0.3, 0.4) is 0 Å². The molecule has 248 valence electrons. The second kappa shape index (κ2) is 14.0. The third-order valence-corrected chi connectivity index (χ3v) is 13.9. The first kappa shape index (κ1) is 32.0. The monoisotopic (exact) mass is 691 g/mol. The van der Waals surface area contributed by atoms with Gasteiger partial charge < -0.3 is 0 Å². The molecule has 0 saturated carbocycles. The van der Waals surface area contributed by atoms with Crippen molar-refractivity contribution in [3.8, 4) is 45.6 Å². The maximum absolute atomic E-state index is 5.18. The van der Waals surface area contributed by atoms with Crippen molar-refractivity contribution in [2.24, 2.45) is 0 Å². The summed E-state index contributed by atoms with van der Waals surface area (Å²) < 4.78 is 0. The molecule has 4 heteroatoms. The van der Waals surface area contributed by atoms with E-state index in [0.29, 0.717) is 17.5 Å². The Labute approximate surface area is 310 Å². The molecule has 3 nitrogen and oxygen atoms in total. The maximum atomic E-state index is 5.18. The zero-order valence-corrected chi connectivity index (χ0v) is 29.9. The van der Waals surface area contributed by atoms with Crippen LogP contribution in [0.4, 0.5) is 0 Å². The normalized spacial score (nSPS) is 11.2. The van der Waals surface area contributed by atoms with E-state index < -0.39 is 8.07 Å². The number of fused-ring (bicyclic) bond motifs is 2. The van der Waals surface area contributed by atoms with Crippen molar-refractivity contribution in [2.75, 3.05) is 0 Å². The largest absolute Gasteiger partial charge is 0.230 e. The summed E-state index contributed by atoms with van der Waals surface area (Å²) in [5.41, 5.74) is 7.90. The van der Waals surface area contributed by atoms with E-state index in [-0.39, 0.29) is 0 Å². The van der Waals surface area contributed by atoms with Gasteiger partial charge in [-0.3, -0.25) is 0 Å². The van der Waals surface area contributed by atoms with Gasteiger partial charge >= 0.3 is 0 Å². The molecule has 0 amide bonds. The summed E-state index contributed by atoms with van der Waals surface area (Å²) in [4.78, 5) is 15.3. The molecule has 0 aliphatic carbocycles. The lowest BCUT2D eigenvalue weighted by atomic mass is 9.91. The Hall–Kier alpha value is -6.93. The van der Waals surface area contributed by atoms with Gasteiger partial charge in [0.25, 0.3) is 0 Å². The molecule has 0 atom stereocenters. The lowest BCUT2D eigenvalue weighted by molar-refractivity contribution is 1.08. The predicted molar refractivity (Wildman–Crippen MR) is 222 cm³/mol. The molecule has 0 fully saturated rings. The summed E-state index contributed by atoms with van der Waals surface area (Å²) in [6.45, 7) is 0. The second-order valence-corrected chi connectivity index (χ2v) is 16.5. The van der Waals surface area contributed by atoms with Gasteiger partial charge in [0.2, 0.25) is 8.07 Å². The van der Waals surface area contributed by atoms with Gasteiger partial charge in [-0.25, -0.2) is 15.0 Å². The summed E-state index contributed by atoms with van der Waals surface area (Å²) >= 11 is 0. The second-order valence-electron chi connectivity index (χ2n) is 13.0. The van der Waals surface area contributed by atoms with Crippen LogP contribution in [-0.2, 0) is 0 Å². The van der Waals surface area contributed by atoms with Crippen molar-refractivity contribution in [1.82, 2.24) is 15.0 Å². The van der Waals surface area contributed by atoms with Crippen molar-refractivity contribution in [3.05, 3.63) is 206 Å². The zero-order chi connectivity index (χ0) is 35.5. The highest BCUT2D eigenvalue weighted by Crippen LogP contribution is 2.39. The lowest BCUT2D eigenvalue weighted by Crippen LogP contribution is -2.66. The quantitative estimate of drug-likeness (QED) is 0.0756. The molecule has 0 aliphatic heterocycles. The van der Waals surface area contributed by atoms with E-state index >= 15 is 0 Å². The van der Waals surface area contributed by atoms with Crippen molar-refractivity contribution in [1.29, 1.82) is 0 Å². The van der Waals surface area contributed by atoms with Crippen LogP contribution in [0.1, 0.15) is 5.56 Å². The van der Waals surface area contributed by atoms with Crippen LogP contribution in [-0.4, -0.2) is 23.0 Å². The number of nitrogens with zero attached hydrogens (tertiary/aromatic N) is 3. The minimum absolute atomic E-state index is 0.631. The fourth-order valence-corrected chi connectivity index (χ4v) is 11.2. The van der Waals surface area contributed by atoms with Gasteiger partial charge in [0.15, 0.2) is 17.5 Å². The van der Waals surface area contributed by atoms with Crippen molar-refractivity contribution in [2.45, 2.75) is 0 Å². The first-order chi connectivity index (χ1) is 26.3. The van der Waals surface area contributed by atoms with E-state index in [1.54, 1.807) is 0 Å². The molecule has 0 spiro atoms. The Morgan fingerprint density at radius 3 is 1.04 bits per heavy atom. The predicted octanol–water partition coefficient (Wildman–Crippen LogP) is 9.24. The summed E-state index contributed by atoms with van der Waals surface area (Å²) in [5.74, 6) is 5.78. The topological polar surface area (TPSA) is 38.7 Å². The Morgan fingerprint density at radius 2 is 0.642 bits per heavy atom. The molecule has 0 radical (unpaired) electrons. The molecule has 9 rings (SSSR count). The summed E-state index contributed by atoms with van der Waals surface area (Å²) in [6, 6.07) is 69.9. The fraction of sp³-hybridized carbons (Fsp3) is 0. The Balaban J connectivity index is 1.35. The minimum Gasteiger partial charge on any atom is -0.208 e. The summed E-state index contributed by atoms with van der Waals surface area (Å²) in [7, 11) is -2.84. The first-order valence-corrected chi connectivity index (χ1v) is 19.8. The molecule has 53 heavy (non-hydrogen) atoms. The molecule has 0 N–H and O–H groups in total. The standard InChI is InChI=1S/C49H33N3Si/c1-6-20-36(21-7-1)47-50-48(37-22-8-2-9-23-37)52-49(51-47)46-44-32-18-16-30-41(44)43(42-31-17-19-33-45(42)46)34-35-53(38-24-10-3-11-25-38,39-26-12-4-13-27-39)40-28-14-5-15-29-40/h1-33H. The van der Waals surface area contributed by atoms with Gasteiger partial charge in [-0.2, -0.15) is 0 Å². The van der Waals surface area contributed by atoms with Gasteiger partial charge in [-0.1, -0.05) is 206 Å². The van der Waals surface area contributed by atoms with Crippen LogP contribution in [0.25, 0.3) is 55.7 Å². The summed E-state index contributed by atoms with van der Waals surface area (Å²) in [5, 5.41) is 7.98. The van der Waals surface area contributed by atoms with E-state index in [9.17, 15) is 0 Å². The lowest BCUT2D eigenvalue weighted by Gasteiger charge is -2.28. The Bertz CT molecular complexity index is 2550. The van der Waals surface area contributed by atoms with Crippen molar-refractivity contribution in [3.63, 3.8) is 0 Å². The van der Waals surface area contributed by atoms with Crippen LogP contribution in [0.5, 0.6) is 0 Å². The molecule has 0 unspecified atom stereocenters. The highest BCUT2D eigenvalue weighted by atomic mass is 28.3. The molecule has 0 aliphatic rings. The Morgan fingerprint density at radius 1 is 0.321 bits per heavy atom. The van der Waals surface area contributed by atoms with Crippen molar-refractivity contribution < 1.29 is 0 Å². The summed E-state index contributed by atoms with van der Waals surface area (Å²) in [6.07, 6.45) is 0. The molecule has 9 aromatic rings. The average molecular weight is 692 g/mol. The van der Waals surface area contributed by atoms with E-state index in [4.69, 9.17) is 15.0 Å². The number of benzene rings is 8. The number of hydrogen-bond acceptors (Lipinski definition) is 3. The highest BCUT2D eigenvalue weighted by Gasteiger charge is 2.38. The number of rotatable bonds is 6. The first-order valence-electron chi connectivity index (χ1n) is 17.8. The number of hydrogen-bond donors (Lipinski definition) is 0. The minimum atomic E-state index is -2.84. The van der Waals surface area contributed by atoms with Gasteiger partial charge in [0.05, 0.1) is 0 Å². The van der Waals surface area contributed by atoms with E-state index in [2.05, 4.69) is 151 Å². The smallest absolute Gasteiger partial charge is 0.208 e. The van der Waals surface area contributed by atoms with Gasteiger partial charge in [-0.05, 0) is 37.1 Å².